The molecule has 2 rings (SSSR count). The van der Waals surface area contributed by atoms with Crippen molar-refractivity contribution in [3.63, 3.8) is 0 Å². The summed E-state index contributed by atoms with van der Waals surface area (Å²) in [5, 5.41) is 0. The van der Waals surface area contributed by atoms with Gasteiger partial charge in [-0.25, -0.2) is 0 Å². The molecule has 3 nitrogen and oxygen atoms in total. The van der Waals surface area contributed by atoms with Gasteiger partial charge in [-0.15, -0.1) is 0 Å². The van der Waals surface area contributed by atoms with Crippen LogP contribution in [0.1, 0.15) is 44.9 Å². The monoisotopic (exact) mass is 237 g/mol. The lowest BCUT2D eigenvalue weighted by atomic mass is 9.94. The third-order valence-corrected chi connectivity index (χ3v) is 4.44. The molecule has 2 aliphatic rings. The summed E-state index contributed by atoms with van der Waals surface area (Å²) in [7, 11) is 2.21. The molecule has 1 aliphatic heterocycles. The molecule has 0 aromatic carbocycles. The van der Waals surface area contributed by atoms with E-state index in [1.807, 2.05) is 0 Å². The van der Waals surface area contributed by atoms with E-state index in [4.69, 9.17) is 5.73 Å². The molecule has 2 fully saturated rings. The van der Waals surface area contributed by atoms with Crippen LogP contribution in [0.2, 0.25) is 0 Å². The van der Waals surface area contributed by atoms with Gasteiger partial charge in [-0.2, -0.15) is 0 Å². The zero-order chi connectivity index (χ0) is 12.1. The number of nitrogens with zero attached hydrogens (tertiary/aromatic N) is 2. The molecule has 0 spiro atoms. The molecule has 2 N–H and O–H groups in total. The summed E-state index contributed by atoms with van der Waals surface area (Å²) >= 11 is 0. The SMILES string of the molecule is CN1CCC(CCN=C(N)C2CCCC2)CC1. The Hall–Kier alpha value is -0.570. The van der Waals surface area contributed by atoms with Crippen molar-refractivity contribution in [2.75, 3.05) is 26.7 Å². The van der Waals surface area contributed by atoms with Gasteiger partial charge in [0.15, 0.2) is 0 Å². The summed E-state index contributed by atoms with van der Waals surface area (Å²) < 4.78 is 0. The molecule has 0 aromatic heterocycles. The van der Waals surface area contributed by atoms with Crippen LogP contribution in [0.5, 0.6) is 0 Å². The van der Waals surface area contributed by atoms with Gasteiger partial charge in [0.1, 0.15) is 0 Å². The second kappa shape index (κ2) is 6.39. The van der Waals surface area contributed by atoms with Crippen LogP contribution in [0.3, 0.4) is 0 Å². The van der Waals surface area contributed by atoms with Gasteiger partial charge >= 0.3 is 0 Å². The van der Waals surface area contributed by atoms with Crippen LogP contribution in [0.15, 0.2) is 4.99 Å². The van der Waals surface area contributed by atoms with Gasteiger partial charge in [0.25, 0.3) is 0 Å². The maximum Gasteiger partial charge on any atom is 0.0968 e. The minimum atomic E-state index is 0.604. The van der Waals surface area contributed by atoms with Crippen LogP contribution < -0.4 is 5.73 Å². The summed E-state index contributed by atoms with van der Waals surface area (Å²) in [6.45, 7) is 3.47. The van der Waals surface area contributed by atoms with Crippen LogP contribution >= 0.6 is 0 Å². The van der Waals surface area contributed by atoms with E-state index in [1.54, 1.807) is 0 Å². The maximum atomic E-state index is 6.06. The predicted octanol–water partition coefficient (Wildman–Crippen LogP) is 2.27. The van der Waals surface area contributed by atoms with Gasteiger partial charge in [0.05, 0.1) is 5.84 Å². The van der Waals surface area contributed by atoms with E-state index in [2.05, 4.69) is 16.9 Å². The van der Waals surface area contributed by atoms with E-state index in [1.165, 1.54) is 58.0 Å². The van der Waals surface area contributed by atoms with Crippen molar-refractivity contribution in [1.29, 1.82) is 0 Å². The second-order valence-electron chi connectivity index (χ2n) is 5.82. The number of nitrogens with two attached hydrogens (primary N) is 1. The average molecular weight is 237 g/mol. The highest BCUT2D eigenvalue weighted by Gasteiger charge is 2.19. The fourth-order valence-electron chi connectivity index (χ4n) is 3.08. The van der Waals surface area contributed by atoms with Crippen molar-refractivity contribution in [2.45, 2.75) is 44.9 Å². The van der Waals surface area contributed by atoms with Gasteiger partial charge in [0, 0.05) is 12.5 Å². The Morgan fingerprint density at radius 3 is 2.47 bits per heavy atom. The summed E-state index contributed by atoms with van der Waals surface area (Å²) in [5.41, 5.74) is 6.06. The summed E-state index contributed by atoms with van der Waals surface area (Å²) in [6, 6.07) is 0. The highest BCUT2D eigenvalue weighted by molar-refractivity contribution is 5.83. The van der Waals surface area contributed by atoms with Gasteiger partial charge in [0.2, 0.25) is 0 Å². The third kappa shape index (κ3) is 3.98. The maximum absolute atomic E-state index is 6.06. The smallest absolute Gasteiger partial charge is 0.0968 e. The fraction of sp³-hybridized carbons (Fsp3) is 0.929. The van der Waals surface area contributed by atoms with Crippen molar-refractivity contribution >= 4 is 5.84 Å². The number of amidine groups is 1. The van der Waals surface area contributed by atoms with Crippen molar-refractivity contribution in [3.8, 4) is 0 Å². The van der Waals surface area contributed by atoms with E-state index in [0.717, 1.165) is 18.3 Å². The zero-order valence-corrected chi connectivity index (χ0v) is 11.2. The standard InChI is InChI=1S/C14H27N3/c1-17-10-7-12(8-11-17)6-9-16-14(15)13-4-2-3-5-13/h12-13H,2-11H2,1H3,(H2,15,16). The predicted molar refractivity (Wildman–Crippen MR) is 73.3 cm³/mol. The topological polar surface area (TPSA) is 41.6 Å². The lowest BCUT2D eigenvalue weighted by molar-refractivity contribution is 0.214. The van der Waals surface area contributed by atoms with Crippen LogP contribution in [0, 0.1) is 11.8 Å². The summed E-state index contributed by atoms with van der Waals surface area (Å²) in [5.74, 6) is 2.43. The Labute approximate surface area is 105 Å². The quantitative estimate of drug-likeness (QED) is 0.602. The van der Waals surface area contributed by atoms with Gasteiger partial charge in [-0.05, 0) is 58.2 Å². The van der Waals surface area contributed by atoms with Gasteiger partial charge < -0.3 is 10.6 Å². The molecule has 0 radical (unpaired) electrons. The molecule has 0 aromatic rings. The van der Waals surface area contributed by atoms with Gasteiger partial charge in [-0.3, -0.25) is 4.99 Å². The van der Waals surface area contributed by atoms with Crippen molar-refractivity contribution in [2.24, 2.45) is 22.6 Å². The minimum absolute atomic E-state index is 0.604. The molecule has 1 saturated carbocycles. The first-order chi connectivity index (χ1) is 8.25. The Balaban J connectivity index is 1.66. The van der Waals surface area contributed by atoms with Crippen molar-refractivity contribution in [1.82, 2.24) is 4.90 Å². The molecule has 17 heavy (non-hydrogen) atoms. The molecular weight excluding hydrogens is 210 g/mol. The number of likely N-dealkylation sites (tertiary alicyclic amines) is 1. The highest BCUT2D eigenvalue weighted by atomic mass is 15.1. The molecule has 0 bridgehead atoms. The number of hydrogen-bond acceptors (Lipinski definition) is 2. The first-order valence-electron chi connectivity index (χ1n) is 7.24. The Morgan fingerprint density at radius 2 is 1.82 bits per heavy atom. The van der Waals surface area contributed by atoms with Crippen molar-refractivity contribution in [3.05, 3.63) is 0 Å². The Bertz CT molecular complexity index is 248. The summed E-state index contributed by atoms with van der Waals surface area (Å²) in [6.07, 6.45) is 9.14. The first kappa shape index (κ1) is 12.9. The summed E-state index contributed by atoms with van der Waals surface area (Å²) in [4.78, 5) is 7.02. The molecule has 0 amide bonds. The largest absolute Gasteiger partial charge is 0.387 e. The highest BCUT2D eigenvalue weighted by Crippen LogP contribution is 2.25. The van der Waals surface area contributed by atoms with Crippen LogP contribution in [-0.2, 0) is 0 Å². The minimum Gasteiger partial charge on any atom is -0.387 e. The third-order valence-electron chi connectivity index (χ3n) is 4.44. The van der Waals surface area contributed by atoms with E-state index < -0.39 is 0 Å². The first-order valence-corrected chi connectivity index (χ1v) is 7.24. The van der Waals surface area contributed by atoms with Crippen LogP contribution in [0.4, 0.5) is 0 Å². The normalized spacial score (nSPS) is 25.6. The van der Waals surface area contributed by atoms with E-state index >= 15 is 0 Å². The van der Waals surface area contributed by atoms with Crippen LogP contribution in [0.25, 0.3) is 0 Å². The van der Waals surface area contributed by atoms with Crippen molar-refractivity contribution < 1.29 is 0 Å². The molecule has 0 atom stereocenters. The lowest BCUT2D eigenvalue weighted by Crippen LogP contribution is -2.30. The molecule has 0 unspecified atom stereocenters. The van der Waals surface area contributed by atoms with E-state index in [9.17, 15) is 0 Å². The number of rotatable bonds is 4. The average Bonchev–Trinajstić information content (AvgIpc) is 2.85. The number of piperidine rings is 1. The fourth-order valence-corrected chi connectivity index (χ4v) is 3.08. The molecular formula is C14H27N3. The van der Waals surface area contributed by atoms with Gasteiger partial charge in [-0.1, -0.05) is 12.8 Å². The van der Waals surface area contributed by atoms with Crippen LogP contribution in [-0.4, -0.2) is 37.4 Å². The molecule has 3 heteroatoms. The van der Waals surface area contributed by atoms with E-state index in [-0.39, 0.29) is 0 Å². The number of aliphatic imine (C=N–C) groups is 1. The van der Waals surface area contributed by atoms with E-state index in [0.29, 0.717) is 5.92 Å². The lowest BCUT2D eigenvalue weighted by Gasteiger charge is -2.28. The Morgan fingerprint density at radius 1 is 1.18 bits per heavy atom. The number of hydrogen-bond donors (Lipinski definition) is 1. The molecule has 1 saturated heterocycles. The Kier molecular flexibility index (Phi) is 4.84. The molecule has 1 aliphatic carbocycles. The molecule has 98 valence electrons. The molecule has 1 heterocycles. The second-order valence-corrected chi connectivity index (χ2v) is 5.82. The zero-order valence-electron chi connectivity index (χ0n) is 11.2.